The van der Waals surface area contributed by atoms with E-state index < -0.39 is 10.8 Å². The van der Waals surface area contributed by atoms with E-state index in [4.69, 9.17) is 4.74 Å². The highest BCUT2D eigenvalue weighted by Gasteiger charge is 2.19. The Morgan fingerprint density at radius 1 is 1.23 bits per heavy atom. The molecule has 30 heavy (non-hydrogen) atoms. The van der Waals surface area contributed by atoms with Gasteiger partial charge in [0.15, 0.2) is 5.13 Å². The molecule has 0 unspecified atom stereocenters. The Balaban J connectivity index is 1.60. The van der Waals surface area contributed by atoms with E-state index in [0.717, 1.165) is 28.4 Å². The molecule has 1 fully saturated rings. The summed E-state index contributed by atoms with van der Waals surface area (Å²) in [4.78, 5) is 32.2. The maximum absolute atomic E-state index is 12.9. The molecule has 0 aliphatic carbocycles. The van der Waals surface area contributed by atoms with Crippen molar-refractivity contribution in [1.29, 1.82) is 0 Å². The number of ether oxygens (including phenoxy) is 1. The van der Waals surface area contributed by atoms with Gasteiger partial charge in [-0.3, -0.25) is 14.9 Å². The number of nitro benzene ring substituents is 1. The predicted molar refractivity (Wildman–Crippen MR) is 118 cm³/mol. The number of aromatic nitrogens is 1. The van der Waals surface area contributed by atoms with Crippen LogP contribution >= 0.6 is 11.3 Å². The highest BCUT2D eigenvalue weighted by molar-refractivity contribution is 7.22. The number of morpholine rings is 1. The number of thiazole rings is 1. The molecule has 0 saturated carbocycles. The highest BCUT2D eigenvalue weighted by atomic mass is 32.1. The molecule has 2 aromatic carbocycles. The standard InChI is InChI=1S/C20H21N5O4S/c1-23(2)17-6-4-14(25(27)28)12-15(17)19(26)21-13-3-5-16-18(11-13)30-20(22-16)24-7-9-29-10-8-24/h3-6,11-12H,7-10H2,1-2H3,(H,21,26). The Morgan fingerprint density at radius 2 is 2.00 bits per heavy atom. The predicted octanol–water partition coefficient (Wildman–Crippen LogP) is 3.36. The molecule has 1 saturated heterocycles. The van der Waals surface area contributed by atoms with Crippen LogP contribution in [0.4, 0.5) is 22.2 Å². The summed E-state index contributed by atoms with van der Waals surface area (Å²) < 4.78 is 6.35. The average Bonchev–Trinajstić information content (AvgIpc) is 3.17. The van der Waals surface area contributed by atoms with Crippen molar-refractivity contribution in [1.82, 2.24) is 4.98 Å². The minimum absolute atomic E-state index is 0.126. The first-order valence-corrected chi connectivity index (χ1v) is 10.2. The molecule has 4 rings (SSSR count). The maximum atomic E-state index is 12.9. The SMILES string of the molecule is CN(C)c1ccc([N+](=O)[O-])cc1C(=O)Nc1ccc2nc(N3CCOCC3)sc2c1. The topological polar surface area (TPSA) is 101 Å². The fourth-order valence-electron chi connectivity index (χ4n) is 3.29. The number of non-ortho nitro benzene ring substituents is 1. The van der Waals surface area contributed by atoms with Crippen molar-refractivity contribution in [2.24, 2.45) is 0 Å². The summed E-state index contributed by atoms with van der Waals surface area (Å²) in [6.45, 7) is 3.00. The second-order valence-corrected chi connectivity index (χ2v) is 8.09. The van der Waals surface area contributed by atoms with Crippen LogP contribution in [0.2, 0.25) is 0 Å². The molecule has 1 aromatic heterocycles. The Bertz CT molecular complexity index is 1110. The van der Waals surface area contributed by atoms with E-state index in [0.29, 0.717) is 24.6 Å². The number of carbonyl (C=O) groups is 1. The molecular weight excluding hydrogens is 406 g/mol. The van der Waals surface area contributed by atoms with Gasteiger partial charge in [0.25, 0.3) is 11.6 Å². The number of carbonyl (C=O) groups excluding carboxylic acids is 1. The number of nitrogens with zero attached hydrogens (tertiary/aromatic N) is 4. The van der Waals surface area contributed by atoms with Gasteiger partial charge in [-0.25, -0.2) is 4.98 Å². The molecule has 10 heteroatoms. The lowest BCUT2D eigenvalue weighted by molar-refractivity contribution is -0.384. The van der Waals surface area contributed by atoms with Crippen molar-refractivity contribution >= 4 is 49.7 Å². The van der Waals surface area contributed by atoms with Crippen molar-refractivity contribution in [2.45, 2.75) is 0 Å². The second-order valence-electron chi connectivity index (χ2n) is 7.09. The van der Waals surface area contributed by atoms with Gasteiger partial charge in [0, 0.05) is 50.7 Å². The van der Waals surface area contributed by atoms with Crippen LogP contribution in [0.3, 0.4) is 0 Å². The van der Waals surface area contributed by atoms with Crippen LogP contribution in [-0.4, -0.2) is 56.2 Å². The molecule has 0 atom stereocenters. The zero-order valence-electron chi connectivity index (χ0n) is 16.6. The molecule has 0 radical (unpaired) electrons. The number of nitro groups is 1. The maximum Gasteiger partial charge on any atom is 0.270 e. The summed E-state index contributed by atoms with van der Waals surface area (Å²) in [5.74, 6) is -0.403. The minimum atomic E-state index is -0.507. The molecule has 1 aliphatic rings. The first-order valence-electron chi connectivity index (χ1n) is 9.43. The van der Waals surface area contributed by atoms with E-state index in [9.17, 15) is 14.9 Å². The minimum Gasteiger partial charge on any atom is -0.378 e. The fraction of sp³-hybridized carbons (Fsp3) is 0.300. The molecule has 9 nitrogen and oxygen atoms in total. The third kappa shape index (κ3) is 4.05. The molecule has 1 amide bonds. The van der Waals surface area contributed by atoms with Gasteiger partial charge in [0.1, 0.15) is 0 Å². The summed E-state index contributed by atoms with van der Waals surface area (Å²) in [5, 5.41) is 14.9. The lowest BCUT2D eigenvalue weighted by atomic mass is 10.1. The van der Waals surface area contributed by atoms with Crippen molar-refractivity contribution in [3.8, 4) is 0 Å². The summed E-state index contributed by atoms with van der Waals surface area (Å²) in [5.41, 5.74) is 2.20. The zero-order chi connectivity index (χ0) is 21.3. The van der Waals surface area contributed by atoms with Gasteiger partial charge in [-0.2, -0.15) is 0 Å². The average molecular weight is 427 g/mol. The number of nitrogens with one attached hydrogen (secondary N) is 1. The third-order valence-electron chi connectivity index (χ3n) is 4.83. The van der Waals surface area contributed by atoms with Crippen molar-refractivity contribution in [2.75, 3.05) is 55.5 Å². The molecule has 1 aliphatic heterocycles. The van der Waals surface area contributed by atoms with Crippen LogP contribution in [0, 0.1) is 10.1 Å². The second kappa shape index (κ2) is 8.25. The Morgan fingerprint density at radius 3 is 2.70 bits per heavy atom. The number of rotatable bonds is 5. The van der Waals surface area contributed by atoms with E-state index in [1.807, 2.05) is 12.1 Å². The van der Waals surface area contributed by atoms with Crippen LogP contribution in [0.15, 0.2) is 36.4 Å². The lowest BCUT2D eigenvalue weighted by Gasteiger charge is -2.25. The van der Waals surface area contributed by atoms with Crippen molar-refractivity contribution in [3.05, 3.63) is 52.1 Å². The summed E-state index contributed by atoms with van der Waals surface area (Å²) in [6.07, 6.45) is 0. The number of hydrogen-bond acceptors (Lipinski definition) is 8. The van der Waals surface area contributed by atoms with Crippen LogP contribution in [0.5, 0.6) is 0 Å². The molecule has 0 bridgehead atoms. The van der Waals surface area contributed by atoms with Gasteiger partial charge in [0.2, 0.25) is 0 Å². The van der Waals surface area contributed by atoms with Crippen molar-refractivity contribution in [3.63, 3.8) is 0 Å². The summed E-state index contributed by atoms with van der Waals surface area (Å²) >= 11 is 1.57. The summed E-state index contributed by atoms with van der Waals surface area (Å²) in [6, 6.07) is 9.80. The van der Waals surface area contributed by atoms with Gasteiger partial charge in [-0.1, -0.05) is 11.3 Å². The lowest BCUT2D eigenvalue weighted by Crippen LogP contribution is -2.36. The number of anilines is 3. The van der Waals surface area contributed by atoms with Crippen molar-refractivity contribution < 1.29 is 14.5 Å². The Hall–Kier alpha value is -3.24. The van der Waals surface area contributed by atoms with E-state index in [1.54, 1.807) is 42.5 Å². The number of hydrogen-bond donors (Lipinski definition) is 1. The highest BCUT2D eigenvalue weighted by Crippen LogP contribution is 2.32. The van der Waals surface area contributed by atoms with Crippen LogP contribution in [0.25, 0.3) is 10.2 Å². The largest absolute Gasteiger partial charge is 0.378 e. The molecule has 3 aromatic rings. The Kier molecular flexibility index (Phi) is 5.51. The van der Waals surface area contributed by atoms with E-state index >= 15 is 0 Å². The van der Waals surface area contributed by atoms with Gasteiger partial charge < -0.3 is 19.9 Å². The van der Waals surface area contributed by atoms with Gasteiger partial charge >= 0.3 is 0 Å². The zero-order valence-corrected chi connectivity index (χ0v) is 17.4. The monoisotopic (exact) mass is 427 g/mol. The summed E-state index contributed by atoms with van der Waals surface area (Å²) in [7, 11) is 3.57. The number of fused-ring (bicyclic) bond motifs is 1. The molecular formula is C20H21N5O4S. The molecule has 1 N–H and O–H groups in total. The smallest absolute Gasteiger partial charge is 0.270 e. The van der Waals surface area contributed by atoms with Crippen LogP contribution < -0.4 is 15.1 Å². The third-order valence-corrected chi connectivity index (χ3v) is 5.91. The van der Waals surface area contributed by atoms with E-state index in [2.05, 4.69) is 15.2 Å². The first kappa shape index (κ1) is 20.0. The first-order chi connectivity index (χ1) is 14.4. The van der Waals surface area contributed by atoms with Gasteiger partial charge in [-0.05, 0) is 24.3 Å². The normalized spacial score (nSPS) is 14.0. The quantitative estimate of drug-likeness (QED) is 0.492. The van der Waals surface area contributed by atoms with Gasteiger partial charge in [-0.15, -0.1) is 0 Å². The fourth-order valence-corrected chi connectivity index (χ4v) is 4.34. The van der Waals surface area contributed by atoms with Crippen LogP contribution in [-0.2, 0) is 4.74 Å². The van der Waals surface area contributed by atoms with Crippen LogP contribution in [0.1, 0.15) is 10.4 Å². The Labute approximate surface area is 177 Å². The van der Waals surface area contributed by atoms with Gasteiger partial charge in [0.05, 0.1) is 33.9 Å². The molecule has 2 heterocycles. The number of amides is 1. The molecule has 156 valence electrons. The number of benzene rings is 2. The van der Waals surface area contributed by atoms with E-state index in [-0.39, 0.29) is 11.3 Å². The van der Waals surface area contributed by atoms with E-state index in [1.165, 1.54) is 12.1 Å². The molecule has 0 spiro atoms.